The molecule has 0 saturated carbocycles. The van der Waals surface area contributed by atoms with Crippen LogP contribution in [0, 0.1) is 6.92 Å². The van der Waals surface area contributed by atoms with Crippen LogP contribution in [0.3, 0.4) is 0 Å². The van der Waals surface area contributed by atoms with Gasteiger partial charge in [-0.05, 0) is 24.1 Å². The van der Waals surface area contributed by atoms with Gasteiger partial charge < -0.3 is 10.3 Å². The maximum absolute atomic E-state index is 12.1. The van der Waals surface area contributed by atoms with Gasteiger partial charge >= 0.3 is 0 Å². The molecule has 20 heavy (non-hydrogen) atoms. The molecule has 2 heterocycles. The number of aryl methyl sites for hydroxylation is 1. The number of amides is 1. The van der Waals surface area contributed by atoms with Crippen molar-refractivity contribution >= 4 is 17.1 Å². The number of H-pyrrole nitrogens is 1. The van der Waals surface area contributed by atoms with Crippen LogP contribution in [0.5, 0.6) is 0 Å². The Bertz CT molecular complexity index is 763. The van der Waals surface area contributed by atoms with E-state index in [4.69, 9.17) is 0 Å². The first-order valence-electron chi connectivity index (χ1n) is 6.36. The fourth-order valence-electron chi connectivity index (χ4n) is 2.04. The van der Waals surface area contributed by atoms with Gasteiger partial charge in [-0.3, -0.25) is 4.79 Å². The lowest BCUT2D eigenvalue weighted by atomic mass is 10.1. The molecule has 0 unspecified atom stereocenters. The van der Waals surface area contributed by atoms with Gasteiger partial charge in [-0.15, -0.1) is 0 Å². The van der Waals surface area contributed by atoms with Gasteiger partial charge in [0.15, 0.2) is 5.65 Å². The Balaban J connectivity index is 1.74. The van der Waals surface area contributed by atoms with Gasteiger partial charge in [0.2, 0.25) is 0 Å². The van der Waals surface area contributed by atoms with E-state index >= 15 is 0 Å². The highest BCUT2D eigenvalue weighted by Crippen LogP contribution is 2.10. The zero-order chi connectivity index (χ0) is 13.9. The van der Waals surface area contributed by atoms with Crippen LogP contribution in [0.15, 0.2) is 42.9 Å². The van der Waals surface area contributed by atoms with E-state index in [1.165, 1.54) is 6.20 Å². The second kappa shape index (κ2) is 5.13. The first kappa shape index (κ1) is 12.3. The van der Waals surface area contributed by atoms with Crippen LogP contribution in [0.25, 0.3) is 11.2 Å². The maximum atomic E-state index is 12.1. The highest BCUT2D eigenvalue weighted by molar-refractivity contribution is 5.96. The molecule has 0 aliphatic heterocycles. The fraction of sp³-hybridized carbons (Fsp3) is 0.133. The number of aromatic nitrogens is 3. The van der Waals surface area contributed by atoms with E-state index in [0.29, 0.717) is 17.8 Å². The van der Waals surface area contributed by atoms with E-state index in [0.717, 1.165) is 16.6 Å². The number of imidazole rings is 1. The fourth-order valence-corrected chi connectivity index (χ4v) is 2.04. The summed E-state index contributed by atoms with van der Waals surface area (Å²) in [6, 6.07) is 9.73. The molecule has 5 heteroatoms. The van der Waals surface area contributed by atoms with Gasteiger partial charge in [-0.25, -0.2) is 9.97 Å². The summed E-state index contributed by atoms with van der Waals surface area (Å²) >= 11 is 0. The summed E-state index contributed by atoms with van der Waals surface area (Å²) < 4.78 is 0. The Morgan fingerprint density at radius 1 is 1.30 bits per heavy atom. The molecule has 0 aliphatic rings. The molecular formula is C15H14N4O. The summed E-state index contributed by atoms with van der Waals surface area (Å²) in [7, 11) is 0. The molecule has 0 saturated heterocycles. The highest BCUT2D eigenvalue weighted by atomic mass is 16.1. The number of rotatable bonds is 3. The molecule has 0 fully saturated rings. The SMILES string of the molecule is Cc1ccccc1CNC(=O)c1cnc2nc[nH]c2c1. The monoisotopic (exact) mass is 266 g/mol. The molecule has 100 valence electrons. The lowest BCUT2D eigenvalue weighted by Gasteiger charge is -2.07. The third-order valence-electron chi connectivity index (χ3n) is 3.24. The molecular weight excluding hydrogens is 252 g/mol. The van der Waals surface area contributed by atoms with Crippen LogP contribution in [-0.4, -0.2) is 20.9 Å². The van der Waals surface area contributed by atoms with Crippen molar-refractivity contribution in [1.82, 2.24) is 20.3 Å². The molecule has 3 aromatic rings. The lowest BCUT2D eigenvalue weighted by Crippen LogP contribution is -2.23. The molecule has 5 nitrogen and oxygen atoms in total. The Morgan fingerprint density at radius 3 is 3.00 bits per heavy atom. The number of aromatic amines is 1. The van der Waals surface area contributed by atoms with Crippen LogP contribution < -0.4 is 5.32 Å². The summed E-state index contributed by atoms with van der Waals surface area (Å²) in [5.41, 5.74) is 4.16. The molecule has 0 spiro atoms. The number of hydrogen-bond acceptors (Lipinski definition) is 3. The summed E-state index contributed by atoms with van der Waals surface area (Å²) in [5, 5.41) is 2.90. The molecule has 0 aliphatic carbocycles. The van der Waals surface area contributed by atoms with Crippen LogP contribution in [-0.2, 0) is 6.54 Å². The van der Waals surface area contributed by atoms with Gasteiger partial charge in [-0.1, -0.05) is 24.3 Å². The average molecular weight is 266 g/mol. The van der Waals surface area contributed by atoms with Gasteiger partial charge in [0.25, 0.3) is 5.91 Å². The van der Waals surface area contributed by atoms with E-state index in [1.54, 1.807) is 12.4 Å². The Hall–Kier alpha value is -2.69. The van der Waals surface area contributed by atoms with Crippen LogP contribution in [0.4, 0.5) is 0 Å². The molecule has 1 aromatic carbocycles. The van der Waals surface area contributed by atoms with Crippen LogP contribution in [0.2, 0.25) is 0 Å². The summed E-state index contributed by atoms with van der Waals surface area (Å²) in [4.78, 5) is 23.2. The Kier molecular flexibility index (Phi) is 3.16. The number of pyridine rings is 1. The van der Waals surface area contributed by atoms with E-state index in [1.807, 2.05) is 31.2 Å². The quantitative estimate of drug-likeness (QED) is 0.763. The minimum Gasteiger partial charge on any atom is -0.348 e. The van der Waals surface area contributed by atoms with Crippen molar-refractivity contribution in [2.75, 3.05) is 0 Å². The number of nitrogens with one attached hydrogen (secondary N) is 2. The van der Waals surface area contributed by atoms with E-state index in [-0.39, 0.29) is 5.91 Å². The molecule has 3 rings (SSSR count). The number of benzene rings is 1. The molecule has 0 bridgehead atoms. The molecule has 2 N–H and O–H groups in total. The topological polar surface area (TPSA) is 70.7 Å². The molecule has 2 aromatic heterocycles. The van der Waals surface area contributed by atoms with Crippen molar-refractivity contribution in [3.8, 4) is 0 Å². The first-order chi connectivity index (χ1) is 9.74. The van der Waals surface area contributed by atoms with Crippen molar-refractivity contribution in [2.45, 2.75) is 13.5 Å². The number of nitrogens with zero attached hydrogens (tertiary/aromatic N) is 2. The second-order valence-electron chi connectivity index (χ2n) is 4.61. The van der Waals surface area contributed by atoms with Gasteiger partial charge in [0, 0.05) is 12.7 Å². The standard InChI is InChI=1S/C15H14N4O/c1-10-4-2-3-5-11(10)7-17-15(20)12-6-13-14(16-8-12)19-9-18-13/h2-6,8-9H,7H2,1H3,(H,17,20)(H,16,18,19). The summed E-state index contributed by atoms with van der Waals surface area (Å²) in [6.07, 6.45) is 3.10. The third-order valence-corrected chi connectivity index (χ3v) is 3.24. The maximum Gasteiger partial charge on any atom is 0.253 e. The predicted octanol–water partition coefficient (Wildman–Crippen LogP) is 2.20. The van der Waals surface area contributed by atoms with Crippen molar-refractivity contribution in [3.63, 3.8) is 0 Å². The van der Waals surface area contributed by atoms with Gasteiger partial charge in [0.1, 0.15) is 0 Å². The van der Waals surface area contributed by atoms with Crippen LogP contribution >= 0.6 is 0 Å². The van der Waals surface area contributed by atoms with Crippen molar-refractivity contribution in [2.24, 2.45) is 0 Å². The van der Waals surface area contributed by atoms with E-state index < -0.39 is 0 Å². The van der Waals surface area contributed by atoms with Crippen LogP contribution in [0.1, 0.15) is 21.5 Å². The van der Waals surface area contributed by atoms with E-state index in [2.05, 4.69) is 20.3 Å². The smallest absolute Gasteiger partial charge is 0.253 e. The average Bonchev–Trinajstić information content (AvgIpc) is 2.93. The Morgan fingerprint density at radius 2 is 2.15 bits per heavy atom. The minimum atomic E-state index is -0.141. The molecule has 1 amide bonds. The third kappa shape index (κ3) is 2.38. The Labute approximate surface area is 116 Å². The van der Waals surface area contributed by atoms with Crippen molar-refractivity contribution < 1.29 is 4.79 Å². The molecule has 0 radical (unpaired) electrons. The zero-order valence-electron chi connectivity index (χ0n) is 11.1. The van der Waals surface area contributed by atoms with Gasteiger partial charge in [-0.2, -0.15) is 0 Å². The predicted molar refractivity (Wildman–Crippen MR) is 76.2 cm³/mol. The zero-order valence-corrected chi connectivity index (χ0v) is 11.1. The largest absolute Gasteiger partial charge is 0.348 e. The number of hydrogen-bond donors (Lipinski definition) is 2. The lowest BCUT2D eigenvalue weighted by molar-refractivity contribution is 0.0950. The normalized spacial score (nSPS) is 10.7. The number of fused-ring (bicyclic) bond motifs is 1. The minimum absolute atomic E-state index is 0.141. The molecule has 0 atom stereocenters. The second-order valence-corrected chi connectivity index (χ2v) is 4.61. The summed E-state index contributed by atoms with van der Waals surface area (Å²) in [6.45, 7) is 2.53. The van der Waals surface area contributed by atoms with Gasteiger partial charge in [0.05, 0.1) is 17.4 Å². The van der Waals surface area contributed by atoms with E-state index in [9.17, 15) is 4.79 Å². The van der Waals surface area contributed by atoms with Crippen molar-refractivity contribution in [3.05, 3.63) is 59.5 Å². The number of carbonyl (C=O) groups is 1. The summed E-state index contributed by atoms with van der Waals surface area (Å²) in [5.74, 6) is -0.141. The number of carbonyl (C=O) groups excluding carboxylic acids is 1. The van der Waals surface area contributed by atoms with Crippen molar-refractivity contribution in [1.29, 1.82) is 0 Å². The first-order valence-corrected chi connectivity index (χ1v) is 6.36. The highest BCUT2D eigenvalue weighted by Gasteiger charge is 2.08.